The molecule has 22 nitrogen and oxygen atoms in total. The van der Waals surface area contributed by atoms with Crippen molar-refractivity contribution in [1.29, 1.82) is 0 Å². The van der Waals surface area contributed by atoms with Crippen molar-refractivity contribution in [3.05, 3.63) is 106 Å². The summed E-state index contributed by atoms with van der Waals surface area (Å²) in [5, 5.41) is 22.6. The number of fused-ring (bicyclic) bond motifs is 1. The van der Waals surface area contributed by atoms with Crippen molar-refractivity contribution in [3.63, 3.8) is 0 Å². The topological polar surface area (TPSA) is 333 Å². The summed E-state index contributed by atoms with van der Waals surface area (Å²) in [6.45, 7) is 12.8. The van der Waals surface area contributed by atoms with Crippen molar-refractivity contribution in [2.45, 2.75) is 161 Å². The van der Waals surface area contributed by atoms with Gasteiger partial charge in [0.2, 0.25) is 35.4 Å². The van der Waals surface area contributed by atoms with E-state index in [0.29, 0.717) is 55.0 Å². The number of nitrogens with one attached hydrogen (secondary N) is 5. The van der Waals surface area contributed by atoms with Gasteiger partial charge in [-0.05, 0) is 117 Å². The highest BCUT2D eigenvalue weighted by molar-refractivity contribution is 7.70. The van der Waals surface area contributed by atoms with Crippen LogP contribution < -0.4 is 31.7 Å². The maximum Gasteiger partial charge on any atom is 0.396 e. The molecule has 10 N–H and O–H groups in total. The Morgan fingerprint density at radius 1 is 0.884 bits per heavy atom. The predicted molar refractivity (Wildman–Crippen MR) is 321 cm³/mol. The van der Waals surface area contributed by atoms with Crippen LogP contribution in [0.15, 0.2) is 72.2 Å². The Kier molecular flexibility index (Phi) is 22.2. The molecule has 2 aromatic heterocycles. The number of halogens is 1. The Morgan fingerprint density at radius 3 is 2.27 bits per heavy atom. The number of ether oxygens (including phenoxy) is 1. The van der Waals surface area contributed by atoms with Gasteiger partial charge in [0.25, 0.3) is 11.4 Å². The van der Waals surface area contributed by atoms with Crippen molar-refractivity contribution < 1.29 is 66.9 Å². The van der Waals surface area contributed by atoms with Gasteiger partial charge in [-0.1, -0.05) is 77.4 Å². The number of β-amino-alcohol motifs (C(OH)–C–C–N with tert-alkyl or cyclic N) is 1. The number of H-pyrrole nitrogens is 1. The quantitative estimate of drug-likeness (QED) is 0.0200. The first kappa shape index (κ1) is 66.2. The lowest BCUT2D eigenvalue weighted by Gasteiger charge is -2.35. The van der Waals surface area contributed by atoms with Gasteiger partial charge in [-0.3, -0.25) is 42.9 Å². The minimum Gasteiger partial charge on any atom is -0.488 e. The van der Waals surface area contributed by atoms with E-state index in [1.807, 2.05) is 72.7 Å². The fourth-order valence-electron chi connectivity index (χ4n) is 10.9. The zero-order valence-electron chi connectivity index (χ0n) is 49.5. The number of thiazole rings is 1. The third kappa shape index (κ3) is 17.2. The van der Waals surface area contributed by atoms with Crippen LogP contribution >= 0.6 is 18.9 Å². The van der Waals surface area contributed by atoms with Crippen molar-refractivity contribution in [3.8, 4) is 16.2 Å². The lowest BCUT2D eigenvalue weighted by Crippen LogP contribution is -2.57. The molecule has 2 saturated heterocycles. The van der Waals surface area contributed by atoms with Crippen LogP contribution in [0.2, 0.25) is 0 Å². The van der Waals surface area contributed by atoms with Gasteiger partial charge >= 0.3 is 7.60 Å². The van der Waals surface area contributed by atoms with E-state index in [0.717, 1.165) is 21.7 Å². The van der Waals surface area contributed by atoms with Crippen LogP contribution in [0.4, 0.5) is 4.39 Å². The molecule has 0 spiro atoms. The zero-order chi connectivity index (χ0) is 62.8. The Hall–Kier alpha value is -7.37. The summed E-state index contributed by atoms with van der Waals surface area (Å²) in [5.74, 6) is -4.43. The van der Waals surface area contributed by atoms with Crippen molar-refractivity contribution in [2.75, 3.05) is 19.7 Å². The van der Waals surface area contributed by atoms with Gasteiger partial charge in [-0.2, -0.15) is 0 Å². The number of aromatic nitrogens is 2. The molecule has 7 atom stereocenters. The van der Waals surface area contributed by atoms with E-state index < -0.39 is 102 Å². The number of aryl methyl sites for hydroxylation is 2. The SMILES string of the molecule is Cc1ncsc1-c1ccc([C@H](C)NC(=O)[C@@H]2C[C@@H](O)CN2C(=O)[C@@H](NC(=O)CCCCCc2cccc(OC[C@H](CCC(N)=O)NC(=O)[C@@H]3CCCN3C(=O)[C@H](CC(C)C)NC(=O)c3cc4cc(C(=O)P(=O)(O)O)ccc4[nH]3)c2F)C(C)(C)C)cc1. The van der Waals surface area contributed by atoms with Crippen LogP contribution in [-0.2, 0) is 39.8 Å². The van der Waals surface area contributed by atoms with Gasteiger partial charge in [0, 0.05) is 48.8 Å². The second-order valence-electron chi connectivity index (χ2n) is 23.9. The second-order valence-corrected chi connectivity index (χ2v) is 26.2. The summed E-state index contributed by atoms with van der Waals surface area (Å²) in [6, 6.07) is 12.5. The number of aromatic amines is 1. The molecule has 0 saturated carbocycles. The number of carbonyl (C=O) groups is 8. The number of nitrogens with zero attached hydrogens (tertiary/aromatic N) is 3. The molecule has 5 aromatic rings. The monoisotopic (exact) mass is 1230 g/mol. The normalized spacial score (nSPS) is 17.7. The van der Waals surface area contributed by atoms with Gasteiger partial charge in [-0.25, -0.2) is 9.37 Å². The number of likely N-dealkylation sites (tertiary alicyclic amines) is 2. The van der Waals surface area contributed by atoms with Crippen LogP contribution in [0, 0.1) is 24.1 Å². The lowest BCUT2D eigenvalue weighted by atomic mass is 9.85. The molecule has 3 aromatic carbocycles. The smallest absolute Gasteiger partial charge is 0.396 e. The Bertz CT molecular complexity index is 3340. The minimum absolute atomic E-state index is 0.0182. The number of nitrogens with two attached hydrogens (primary N) is 1. The number of aliphatic hydroxyl groups excluding tert-OH is 1. The van der Waals surface area contributed by atoms with E-state index in [1.165, 1.54) is 40.1 Å². The van der Waals surface area contributed by atoms with Crippen molar-refractivity contribution >= 4 is 76.7 Å². The van der Waals surface area contributed by atoms with Gasteiger partial charge in [0.1, 0.15) is 36.5 Å². The van der Waals surface area contributed by atoms with E-state index in [4.69, 9.17) is 10.5 Å². The van der Waals surface area contributed by atoms with Gasteiger partial charge < -0.3 is 61.4 Å². The molecule has 25 heteroatoms. The number of hydrogen-bond acceptors (Lipinski definition) is 13. The molecule has 4 heterocycles. The largest absolute Gasteiger partial charge is 0.488 e. The molecule has 2 aliphatic heterocycles. The number of aliphatic hydroxyl groups is 1. The number of primary amides is 1. The molecule has 86 heavy (non-hydrogen) atoms. The summed E-state index contributed by atoms with van der Waals surface area (Å²) in [4.78, 5) is 137. The molecule has 0 bridgehead atoms. The third-order valence-corrected chi connectivity index (χ3v) is 17.3. The third-order valence-electron chi connectivity index (χ3n) is 15.5. The van der Waals surface area contributed by atoms with Gasteiger partial charge in [0.15, 0.2) is 11.6 Å². The van der Waals surface area contributed by atoms with Gasteiger partial charge in [-0.15, -0.1) is 11.3 Å². The van der Waals surface area contributed by atoms with E-state index in [1.54, 1.807) is 29.0 Å². The Morgan fingerprint density at radius 2 is 1.60 bits per heavy atom. The number of benzene rings is 3. The minimum atomic E-state index is -5.06. The Labute approximate surface area is 503 Å². The van der Waals surface area contributed by atoms with Gasteiger partial charge in [0.05, 0.1) is 34.3 Å². The van der Waals surface area contributed by atoms with Crippen LogP contribution in [0.3, 0.4) is 0 Å². The maximum atomic E-state index is 16.1. The highest BCUT2D eigenvalue weighted by Gasteiger charge is 2.45. The molecule has 7 amide bonds. The van der Waals surface area contributed by atoms with E-state index >= 15 is 4.39 Å². The lowest BCUT2D eigenvalue weighted by molar-refractivity contribution is -0.144. The molecule has 2 aliphatic rings. The highest BCUT2D eigenvalue weighted by atomic mass is 32.1. The van der Waals surface area contributed by atoms with E-state index in [-0.39, 0.29) is 80.6 Å². The fraction of sp³-hybridized carbons (Fsp3) is 0.492. The summed E-state index contributed by atoms with van der Waals surface area (Å²) in [7, 11) is -5.06. The number of unbranched alkanes of at least 4 members (excludes halogenated alkanes) is 2. The number of rotatable bonds is 27. The number of hydrogen-bond donors (Lipinski definition) is 9. The standard InChI is InChI=1S/C61H79FN9O13PS/c1-34(2)27-46(68-55(75)45-29-41-28-40(22-24-44(41)67-45)60(80)85(81,82)83)58(78)70-26-12-15-47(70)56(76)66-42(23-25-50(63)73)32-84-49-16-11-14-38(52(49)62)13-9-8-10-17-51(74)69-54(61(5,6)7)59(79)71-31-43(72)30-48(71)57(77)65-35(3)37-18-20-39(21-19-37)53-36(4)64-33-86-53/h11,14,16,18-22,24,28-29,33-35,42-43,46-48,54,67,72H,8-10,12-13,15,17,23,25-27,30-32H2,1-7H3,(H2,63,73)(H,65,77)(H,66,76)(H,68,75)(H,69,74)(H2,81,82,83)/t35-,42-,43+,46-,47-,48-,54+/m0/s1. The summed E-state index contributed by atoms with van der Waals surface area (Å²) in [5.41, 5.74) is 8.49. The Balaban J connectivity index is 0.894. The summed E-state index contributed by atoms with van der Waals surface area (Å²) >= 11 is 1.55. The zero-order valence-corrected chi connectivity index (χ0v) is 51.2. The molecule has 464 valence electrons. The highest BCUT2D eigenvalue weighted by Crippen LogP contribution is 2.40. The second kappa shape index (κ2) is 28.9. The van der Waals surface area contributed by atoms with E-state index in [2.05, 4.69) is 31.2 Å². The van der Waals surface area contributed by atoms with Crippen LogP contribution in [0.1, 0.15) is 149 Å². The first-order valence-corrected chi connectivity index (χ1v) is 31.5. The fourth-order valence-corrected chi connectivity index (χ4v) is 12.2. The summed E-state index contributed by atoms with van der Waals surface area (Å²) in [6.07, 6.45) is 1.80. The number of amides is 7. The van der Waals surface area contributed by atoms with Crippen LogP contribution in [-0.4, -0.2) is 138 Å². The predicted octanol–water partition coefficient (Wildman–Crippen LogP) is 6.49. The molecule has 0 unspecified atom stereocenters. The maximum absolute atomic E-state index is 16.1. The van der Waals surface area contributed by atoms with E-state index in [9.17, 15) is 57.8 Å². The molecular formula is C61H79FN9O13PS. The molecule has 0 radical (unpaired) electrons. The molecular weight excluding hydrogens is 1150 g/mol. The first-order chi connectivity index (χ1) is 40.6. The van der Waals surface area contributed by atoms with Crippen LogP contribution in [0.25, 0.3) is 21.3 Å². The summed E-state index contributed by atoms with van der Waals surface area (Å²) < 4.78 is 33.6. The molecule has 2 fully saturated rings. The van der Waals surface area contributed by atoms with Crippen molar-refractivity contribution in [2.24, 2.45) is 17.1 Å². The molecule has 7 rings (SSSR count). The molecule has 0 aliphatic carbocycles. The number of carbonyl (C=O) groups excluding carboxylic acids is 8. The first-order valence-electron chi connectivity index (χ1n) is 29.0. The average Bonchev–Trinajstić information content (AvgIpc) is 1.90. The van der Waals surface area contributed by atoms with Crippen molar-refractivity contribution in [1.82, 2.24) is 41.0 Å². The van der Waals surface area contributed by atoms with Crippen LogP contribution in [0.5, 0.6) is 5.75 Å². The average molecular weight is 1230 g/mol.